The maximum Gasteiger partial charge on any atom is 0.258 e. The topological polar surface area (TPSA) is 58.6 Å². The van der Waals surface area contributed by atoms with Crippen LogP contribution in [0.5, 0.6) is 5.75 Å². The molecule has 1 aliphatic rings. The van der Waals surface area contributed by atoms with Crippen LogP contribution in [0.2, 0.25) is 0 Å². The van der Waals surface area contributed by atoms with Crippen molar-refractivity contribution in [2.45, 2.75) is 38.6 Å². The number of rotatable bonds is 8. The smallest absolute Gasteiger partial charge is 0.258 e. The summed E-state index contributed by atoms with van der Waals surface area (Å²) in [7, 11) is 0. The third-order valence-electron chi connectivity index (χ3n) is 4.71. The van der Waals surface area contributed by atoms with E-state index in [-0.39, 0.29) is 24.5 Å². The zero-order valence-electron chi connectivity index (χ0n) is 15.7. The molecule has 0 aliphatic carbocycles. The van der Waals surface area contributed by atoms with Crippen LogP contribution < -0.4 is 15.0 Å². The predicted molar refractivity (Wildman–Crippen MR) is 106 cm³/mol. The van der Waals surface area contributed by atoms with Gasteiger partial charge in [0, 0.05) is 18.7 Å². The maximum atomic E-state index is 12.3. The van der Waals surface area contributed by atoms with Crippen LogP contribution in [0.3, 0.4) is 0 Å². The van der Waals surface area contributed by atoms with Crippen molar-refractivity contribution in [2.24, 2.45) is 0 Å². The van der Waals surface area contributed by atoms with Gasteiger partial charge in [-0.15, -0.1) is 0 Å². The lowest BCUT2D eigenvalue weighted by atomic mass is 10.0. The quantitative estimate of drug-likeness (QED) is 0.772. The minimum Gasteiger partial charge on any atom is -0.484 e. The van der Waals surface area contributed by atoms with E-state index >= 15 is 0 Å². The second-order valence-corrected chi connectivity index (χ2v) is 6.75. The summed E-state index contributed by atoms with van der Waals surface area (Å²) in [6.45, 7) is 2.83. The van der Waals surface area contributed by atoms with Crippen LogP contribution >= 0.6 is 0 Å². The van der Waals surface area contributed by atoms with Gasteiger partial charge in [-0.05, 0) is 42.7 Å². The minimum absolute atomic E-state index is 0.00384. The first-order valence-corrected chi connectivity index (χ1v) is 9.55. The number of benzene rings is 2. The highest BCUT2D eigenvalue weighted by atomic mass is 16.5. The van der Waals surface area contributed by atoms with Crippen LogP contribution in [0.4, 0.5) is 5.69 Å². The van der Waals surface area contributed by atoms with Crippen LogP contribution in [0.25, 0.3) is 0 Å². The first-order chi connectivity index (χ1) is 13.2. The molecule has 1 atom stereocenters. The van der Waals surface area contributed by atoms with Crippen molar-refractivity contribution in [1.82, 2.24) is 5.32 Å². The standard InChI is InChI=1S/C22H26N2O3/c1-2-7-20(17-8-4-3-5-9-17)23-21(25)16-27-19-13-11-18(12-14-19)24-15-6-10-22(24)26/h3-5,8-9,11-14,20H,2,6-7,10,15-16H2,1H3,(H,23,25). The minimum atomic E-state index is -0.142. The van der Waals surface area contributed by atoms with Crippen molar-refractivity contribution >= 4 is 17.5 Å². The number of nitrogens with zero attached hydrogens (tertiary/aromatic N) is 1. The van der Waals surface area contributed by atoms with Crippen molar-refractivity contribution in [1.29, 1.82) is 0 Å². The van der Waals surface area contributed by atoms with Gasteiger partial charge >= 0.3 is 0 Å². The molecule has 1 unspecified atom stereocenters. The van der Waals surface area contributed by atoms with Gasteiger partial charge < -0.3 is 15.0 Å². The number of hydrogen-bond donors (Lipinski definition) is 1. The molecule has 27 heavy (non-hydrogen) atoms. The Morgan fingerprint density at radius 3 is 2.52 bits per heavy atom. The molecular weight excluding hydrogens is 340 g/mol. The number of nitrogens with one attached hydrogen (secondary N) is 1. The fraction of sp³-hybridized carbons (Fsp3) is 0.364. The molecule has 2 aromatic carbocycles. The third-order valence-corrected chi connectivity index (χ3v) is 4.71. The molecule has 0 radical (unpaired) electrons. The lowest BCUT2D eigenvalue weighted by Crippen LogP contribution is -2.32. The van der Waals surface area contributed by atoms with Gasteiger partial charge in [-0.3, -0.25) is 9.59 Å². The molecule has 5 nitrogen and oxygen atoms in total. The van der Waals surface area contributed by atoms with Gasteiger partial charge in [0.1, 0.15) is 5.75 Å². The fourth-order valence-corrected chi connectivity index (χ4v) is 3.32. The summed E-state index contributed by atoms with van der Waals surface area (Å²) in [5.74, 6) is 0.634. The zero-order chi connectivity index (χ0) is 19.1. The molecular formula is C22H26N2O3. The molecule has 2 aromatic rings. The third kappa shape index (κ3) is 5.09. The monoisotopic (exact) mass is 366 g/mol. The van der Waals surface area contributed by atoms with Gasteiger partial charge in [-0.2, -0.15) is 0 Å². The molecule has 0 bridgehead atoms. The highest BCUT2D eigenvalue weighted by Gasteiger charge is 2.21. The SMILES string of the molecule is CCCC(NC(=O)COc1ccc(N2CCCC2=O)cc1)c1ccccc1. The van der Waals surface area contributed by atoms with E-state index in [4.69, 9.17) is 4.74 Å². The molecule has 0 aromatic heterocycles. The van der Waals surface area contributed by atoms with E-state index in [9.17, 15) is 9.59 Å². The van der Waals surface area contributed by atoms with E-state index in [1.165, 1.54) is 0 Å². The number of hydrogen-bond acceptors (Lipinski definition) is 3. The lowest BCUT2D eigenvalue weighted by Gasteiger charge is -2.19. The van der Waals surface area contributed by atoms with Gasteiger partial charge in [0.2, 0.25) is 5.91 Å². The highest BCUT2D eigenvalue weighted by Crippen LogP contribution is 2.24. The van der Waals surface area contributed by atoms with E-state index in [1.54, 1.807) is 17.0 Å². The molecule has 0 saturated carbocycles. The van der Waals surface area contributed by atoms with Crippen LogP contribution in [-0.4, -0.2) is 25.0 Å². The van der Waals surface area contributed by atoms with Crippen molar-refractivity contribution in [3.8, 4) is 5.75 Å². The van der Waals surface area contributed by atoms with E-state index in [0.717, 1.165) is 37.1 Å². The molecule has 0 spiro atoms. The van der Waals surface area contributed by atoms with Crippen LogP contribution in [0.15, 0.2) is 54.6 Å². The average Bonchev–Trinajstić information content (AvgIpc) is 3.13. The second kappa shape index (κ2) is 9.21. The molecule has 1 N–H and O–H groups in total. The summed E-state index contributed by atoms with van der Waals surface area (Å²) in [4.78, 5) is 25.9. The number of anilines is 1. The Kier molecular flexibility index (Phi) is 6.47. The van der Waals surface area contributed by atoms with Crippen molar-refractivity contribution in [2.75, 3.05) is 18.1 Å². The Balaban J connectivity index is 1.53. The molecule has 3 rings (SSSR count). The summed E-state index contributed by atoms with van der Waals surface area (Å²) < 4.78 is 5.61. The van der Waals surface area contributed by atoms with Crippen LogP contribution in [0, 0.1) is 0 Å². The fourth-order valence-electron chi connectivity index (χ4n) is 3.32. The Bertz CT molecular complexity index is 759. The summed E-state index contributed by atoms with van der Waals surface area (Å²) >= 11 is 0. The molecule has 1 heterocycles. The molecule has 1 aliphatic heterocycles. The Labute approximate surface area is 160 Å². The molecule has 5 heteroatoms. The normalized spacial score (nSPS) is 14.9. The van der Waals surface area contributed by atoms with E-state index in [0.29, 0.717) is 12.2 Å². The van der Waals surface area contributed by atoms with Crippen LogP contribution in [-0.2, 0) is 9.59 Å². The molecule has 1 fully saturated rings. The van der Waals surface area contributed by atoms with Crippen molar-refractivity contribution in [3.05, 3.63) is 60.2 Å². The lowest BCUT2D eigenvalue weighted by molar-refractivity contribution is -0.124. The summed E-state index contributed by atoms with van der Waals surface area (Å²) in [6.07, 6.45) is 3.38. The highest BCUT2D eigenvalue weighted by molar-refractivity contribution is 5.95. The van der Waals surface area contributed by atoms with E-state index in [2.05, 4.69) is 12.2 Å². The summed E-state index contributed by atoms with van der Waals surface area (Å²) in [5.41, 5.74) is 1.98. The second-order valence-electron chi connectivity index (χ2n) is 6.75. The van der Waals surface area contributed by atoms with Gasteiger partial charge in [0.25, 0.3) is 5.91 Å². The molecule has 142 valence electrons. The number of carbonyl (C=O) groups excluding carboxylic acids is 2. The van der Waals surface area contributed by atoms with Gasteiger partial charge in [0.15, 0.2) is 6.61 Å². The molecule has 2 amide bonds. The number of carbonyl (C=O) groups is 2. The largest absolute Gasteiger partial charge is 0.484 e. The zero-order valence-corrected chi connectivity index (χ0v) is 15.7. The Hall–Kier alpha value is -2.82. The van der Waals surface area contributed by atoms with Gasteiger partial charge in [-0.25, -0.2) is 0 Å². The Morgan fingerprint density at radius 2 is 1.89 bits per heavy atom. The average molecular weight is 366 g/mol. The molecule has 1 saturated heterocycles. The number of amides is 2. The van der Waals surface area contributed by atoms with Crippen molar-refractivity contribution < 1.29 is 14.3 Å². The van der Waals surface area contributed by atoms with Gasteiger partial charge in [0.05, 0.1) is 6.04 Å². The van der Waals surface area contributed by atoms with Gasteiger partial charge in [-0.1, -0.05) is 43.7 Å². The predicted octanol–water partition coefficient (Wildman–Crippen LogP) is 3.85. The van der Waals surface area contributed by atoms with E-state index < -0.39 is 0 Å². The summed E-state index contributed by atoms with van der Waals surface area (Å²) in [5, 5.41) is 3.05. The number of ether oxygens (including phenoxy) is 1. The summed E-state index contributed by atoms with van der Waals surface area (Å²) in [6, 6.07) is 17.3. The Morgan fingerprint density at radius 1 is 1.15 bits per heavy atom. The van der Waals surface area contributed by atoms with E-state index in [1.807, 2.05) is 42.5 Å². The maximum absolute atomic E-state index is 12.3. The van der Waals surface area contributed by atoms with Crippen LogP contribution in [0.1, 0.15) is 44.2 Å². The first kappa shape index (κ1) is 19.0. The first-order valence-electron chi connectivity index (χ1n) is 9.55. The van der Waals surface area contributed by atoms with Crippen molar-refractivity contribution in [3.63, 3.8) is 0 Å².